The highest BCUT2D eigenvalue weighted by molar-refractivity contribution is 7.91. The number of hydrogen-bond acceptors (Lipinski definition) is 20. The number of rotatable bonds is 18. The van der Waals surface area contributed by atoms with Crippen molar-refractivity contribution in [1.29, 1.82) is 0 Å². The van der Waals surface area contributed by atoms with Gasteiger partial charge in [0.05, 0.1) is 51.6 Å². The first-order chi connectivity index (χ1) is 26.2. The van der Waals surface area contributed by atoms with Gasteiger partial charge in [0, 0.05) is 10.8 Å². The lowest BCUT2D eigenvalue weighted by Gasteiger charge is -2.14. The lowest BCUT2D eigenvalue weighted by Crippen LogP contribution is -2.15. The fourth-order valence-electron chi connectivity index (χ4n) is 4.51. The fourth-order valence-corrected chi connectivity index (χ4v) is 8.47. The quantitative estimate of drug-likeness (QED) is 0.0617. The van der Waals surface area contributed by atoms with Gasteiger partial charge in [-0.2, -0.15) is 43.9 Å². The summed E-state index contributed by atoms with van der Waals surface area (Å²) in [4.78, 5) is -1.72. The van der Waals surface area contributed by atoms with E-state index in [0.29, 0.717) is 0 Å². The Labute approximate surface area is 324 Å². The number of anilines is 1. The Bertz CT molecular complexity index is 2920. The number of nitrogens with zero attached hydrogens (tertiary/aromatic N) is 4. The van der Waals surface area contributed by atoms with Gasteiger partial charge >= 0.3 is 20.8 Å². The average molecular weight is 918 g/mol. The van der Waals surface area contributed by atoms with Crippen LogP contribution in [0.5, 0.6) is 5.75 Å². The molecule has 4 aromatic carbocycles. The van der Waals surface area contributed by atoms with Gasteiger partial charge in [0.15, 0.2) is 25.4 Å². The van der Waals surface area contributed by atoms with Crippen LogP contribution in [0.2, 0.25) is 0 Å². The van der Waals surface area contributed by atoms with E-state index in [2.05, 4.69) is 34.1 Å². The van der Waals surface area contributed by atoms with E-state index in [4.69, 9.17) is 9.11 Å². The molecule has 0 bridgehead atoms. The molecule has 0 unspecified atom stereocenters. The second-order valence-electron chi connectivity index (χ2n) is 11.0. The summed E-state index contributed by atoms with van der Waals surface area (Å²) in [6, 6.07) is 11.6. The molecule has 0 aliphatic heterocycles. The molecule has 0 amide bonds. The predicted molar refractivity (Wildman–Crippen MR) is 196 cm³/mol. The number of fused-ring (bicyclic) bond motifs is 1. The minimum absolute atomic E-state index is 0.0595. The monoisotopic (exact) mass is 917 g/mol. The second kappa shape index (κ2) is 17.1. The van der Waals surface area contributed by atoms with E-state index in [-0.39, 0.29) is 37.6 Å². The van der Waals surface area contributed by atoms with Crippen LogP contribution in [-0.2, 0) is 69.1 Å². The number of aromatic hydroxyl groups is 1. The molecule has 0 spiro atoms. The number of nitrogens with one attached hydrogen (secondary N) is 1. The molecule has 0 radical (unpaired) electrons. The van der Waals surface area contributed by atoms with Crippen LogP contribution >= 0.6 is 0 Å². The van der Waals surface area contributed by atoms with Crippen molar-refractivity contribution in [2.45, 2.75) is 14.7 Å². The first kappa shape index (κ1) is 45.1. The number of phenols is 1. The number of hydrogen-bond donors (Lipinski definition) is 6. The number of phenolic OH excluding ortho intramolecular Hbond substituents is 1. The van der Waals surface area contributed by atoms with Crippen molar-refractivity contribution in [3.63, 3.8) is 0 Å². The standard InChI is InChI=1S/C27H27N5O19S6/c33-27-21-9-10-23(28-16-54(38,39)40)25(31-29-17-1-5-19(6-2-17)52(34,35)13-11-50-56(44,45)46)22(21)15-24(55(41,42)43)26(27)32-30-18-3-7-20(8-4-18)53(36,37)14-12-51-57(47,48)49/h1-10,15,28,33H,11-14,16H2,(H,38,39,40)(H,41,42,43)(H,44,45,46)(H,47,48,49). The van der Waals surface area contributed by atoms with Crippen molar-refractivity contribution in [3.05, 3.63) is 66.7 Å². The van der Waals surface area contributed by atoms with Gasteiger partial charge in [-0.1, -0.05) is 0 Å². The Morgan fingerprint density at radius 3 is 1.39 bits per heavy atom. The van der Waals surface area contributed by atoms with Crippen LogP contribution < -0.4 is 5.32 Å². The minimum Gasteiger partial charge on any atom is -0.505 e. The normalized spacial score (nSPS) is 13.5. The van der Waals surface area contributed by atoms with Crippen LogP contribution in [0.4, 0.5) is 28.4 Å². The molecular formula is C27H27N5O19S6. The van der Waals surface area contributed by atoms with Gasteiger partial charge < -0.3 is 10.4 Å². The molecule has 0 aliphatic carbocycles. The molecule has 0 aliphatic rings. The van der Waals surface area contributed by atoms with Gasteiger partial charge in [0.1, 0.15) is 22.1 Å². The van der Waals surface area contributed by atoms with E-state index in [1.54, 1.807) is 0 Å². The zero-order chi connectivity index (χ0) is 42.6. The molecule has 57 heavy (non-hydrogen) atoms. The van der Waals surface area contributed by atoms with E-state index in [1.807, 2.05) is 0 Å². The summed E-state index contributed by atoms with van der Waals surface area (Å²) in [6.07, 6.45) is 0. The molecule has 24 nitrogen and oxygen atoms in total. The molecule has 4 rings (SSSR count). The van der Waals surface area contributed by atoms with Crippen LogP contribution in [0.1, 0.15) is 0 Å². The van der Waals surface area contributed by atoms with E-state index in [9.17, 15) is 64.7 Å². The van der Waals surface area contributed by atoms with Crippen molar-refractivity contribution in [1.82, 2.24) is 0 Å². The molecule has 0 aromatic heterocycles. The molecule has 6 N–H and O–H groups in total. The van der Waals surface area contributed by atoms with Gasteiger partial charge in [-0.15, -0.1) is 10.2 Å². The zero-order valence-electron chi connectivity index (χ0n) is 28.1. The van der Waals surface area contributed by atoms with Crippen molar-refractivity contribution in [3.8, 4) is 5.75 Å². The molecule has 0 saturated carbocycles. The summed E-state index contributed by atoms with van der Waals surface area (Å²) in [7, 11) is -28.0. The third-order valence-electron chi connectivity index (χ3n) is 7.02. The molecule has 0 heterocycles. The topological polar surface area (TPSA) is 386 Å². The first-order valence-corrected chi connectivity index (χ1v) is 24.0. The summed E-state index contributed by atoms with van der Waals surface area (Å²) >= 11 is 0. The Morgan fingerprint density at radius 2 is 0.982 bits per heavy atom. The van der Waals surface area contributed by atoms with Crippen LogP contribution in [0, 0.1) is 0 Å². The minimum atomic E-state index is -5.27. The summed E-state index contributed by atoms with van der Waals surface area (Å²) in [5.41, 5.74) is -1.62. The maximum Gasteiger partial charge on any atom is 0.397 e. The molecule has 30 heteroatoms. The highest BCUT2D eigenvalue weighted by Crippen LogP contribution is 2.46. The summed E-state index contributed by atoms with van der Waals surface area (Å²) in [5, 5.41) is 28.5. The maximum absolute atomic E-state index is 12.6. The van der Waals surface area contributed by atoms with Gasteiger partial charge in [0.2, 0.25) is 0 Å². The lowest BCUT2D eigenvalue weighted by atomic mass is 10.1. The zero-order valence-corrected chi connectivity index (χ0v) is 33.0. The second-order valence-corrected chi connectivity index (χ2v) is 20.3. The van der Waals surface area contributed by atoms with Crippen LogP contribution in [0.3, 0.4) is 0 Å². The SMILES string of the molecule is O=S(=O)(O)CNc1ccc2c(O)c(N=Nc3ccc(S(=O)(=O)CCOS(=O)(=O)O)cc3)c(S(=O)(=O)O)cc2c1N=Nc1ccc(S(=O)(=O)CCOS(=O)(=O)O)cc1. The third-order valence-corrected chi connectivity index (χ3v) is 12.7. The Morgan fingerprint density at radius 1 is 0.544 bits per heavy atom. The Kier molecular flexibility index (Phi) is 13.5. The lowest BCUT2D eigenvalue weighted by molar-refractivity contribution is 0.282. The predicted octanol–water partition coefficient (Wildman–Crippen LogP) is 3.07. The molecule has 0 saturated heterocycles. The number of benzene rings is 4. The first-order valence-electron chi connectivity index (χ1n) is 14.9. The highest BCUT2D eigenvalue weighted by Gasteiger charge is 2.25. The summed E-state index contributed by atoms with van der Waals surface area (Å²) in [5.74, 6) is -3.71. The van der Waals surface area contributed by atoms with E-state index < -0.39 is 113 Å². The largest absolute Gasteiger partial charge is 0.505 e. The van der Waals surface area contributed by atoms with Crippen LogP contribution in [0.15, 0.2) is 102 Å². The van der Waals surface area contributed by atoms with E-state index in [1.165, 1.54) is 0 Å². The van der Waals surface area contributed by atoms with E-state index >= 15 is 0 Å². The van der Waals surface area contributed by atoms with Gasteiger partial charge in [-0.3, -0.25) is 18.2 Å². The average Bonchev–Trinajstić information content (AvgIpc) is 3.07. The van der Waals surface area contributed by atoms with Gasteiger partial charge in [0.25, 0.3) is 20.2 Å². The van der Waals surface area contributed by atoms with Crippen molar-refractivity contribution >= 4 is 99.9 Å². The van der Waals surface area contributed by atoms with Crippen molar-refractivity contribution < 1.29 is 82.2 Å². The van der Waals surface area contributed by atoms with Crippen LogP contribution in [0.25, 0.3) is 10.8 Å². The molecular weight excluding hydrogens is 891 g/mol. The van der Waals surface area contributed by atoms with Gasteiger partial charge in [-0.05, 0) is 66.7 Å². The summed E-state index contributed by atoms with van der Waals surface area (Å²) in [6.45, 7) is -1.79. The number of sulfone groups is 2. The highest BCUT2D eigenvalue weighted by atomic mass is 32.3. The third kappa shape index (κ3) is 13.0. The Balaban J connectivity index is 1.75. The van der Waals surface area contributed by atoms with E-state index in [0.717, 1.165) is 66.7 Å². The van der Waals surface area contributed by atoms with Crippen LogP contribution in [-0.4, -0.2) is 104 Å². The smallest absolute Gasteiger partial charge is 0.397 e. The number of azo groups is 2. The maximum atomic E-state index is 12.6. The van der Waals surface area contributed by atoms with Crippen molar-refractivity contribution in [2.24, 2.45) is 20.5 Å². The molecule has 0 fully saturated rings. The summed E-state index contributed by atoms with van der Waals surface area (Å²) < 4.78 is 186. The van der Waals surface area contributed by atoms with Crippen molar-refractivity contribution in [2.75, 3.05) is 35.9 Å². The fraction of sp³-hybridized carbons (Fsp3) is 0.185. The van der Waals surface area contributed by atoms with Gasteiger partial charge in [-0.25, -0.2) is 25.2 Å². The molecule has 310 valence electrons. The Hall–Kier alpha value is -4.60. The molecule has 0 atom stereocenters. The molecule has 4 aromatic rings.